The molecular weight excluding hydrogens is 384 g/mol. The zero-order chi connectivity index (χ0) is 20.8. The van der Waals surface area contributed by atoms with Crippen molar-refractivity contribution >= 4 is 17.7 Å². The van der Waals surface area contributed by atoms with Gasteiger partial charge < -0.3 is 14.4 Å². The Bertz CT molecular complexity index is 784. The molecule has 3 atom stereocenters. The lowest BCUT2D eigenvalue weighted by Gasteiger charge is -2.41. The Balaban J connectivity index is 1.63. The molecule has 0 spiro atoms. The van der Waals surface area contributed by atoms with Crippen LogP contribution in [0.4, 0.5) is 0 Å². The maximum atomic E-state index is 12.9. The van der Waals surface area contributed by atoms with Crippen LogP contribution in [-0.2, 0) is 9.53 Å². The van der Waals surface area contributed by atoms with Gasteiger partial charge in [0.1, 0.15) is 5.75 Å². The fourth-order valence-electron chi connectivity index (χ4n) is 3.71. The second-order valence-electron chi connectivity index (χ2n) is 7.40. The highest BCUT2D eigenvalue weighted by molar-refractivity contribution is 7.98. The second kappa shape index (κ2) is 10.1. The molecule has 0 unspecified atom stereocenters. The van der Waals surface area contributed by atoms with Crippen LogP contribution in [0.1, 0.15) is 18.5 Å². The summed E-state index contributed by atoms with van der Waals surface area (Å²) >= 11 is 1.68. The molecule has 0 aromatic heterocycles. The van der Waals surface area contributed by atoms with Gasteiger partial charge in [-0.25, -0.2) is 0 Å². The van der Waals surface area contributed by atoms with Gasteiger partial charge >= 0.3 is 0 Å². The lowest BCUT2D eigenvalue weighted by Crippen LogP contribution is -2.50. The maximum Gasteiger partial charge on any atom is 0.263 e. The van der Waals surface area contributed by atoms with Gasteiger partial charge in [-0.05, 0) is 50.1 Å². The molecule has 3 rings (SSSR count). The van der Waals surface area contributed by atoms with Crippen molar-refractivity contribution in [3.05, 3.63) is 60.2 Å². The number of nitrogens with zero attached hydrogens (tertiary/aromatic N) is 2. The van der Waals surface area contributed by atoms with E-state index in [1.54, 1.807) is 23.6 Å². The van der Waals surface area contributed by atoms with E-state index in [2.05, 4.69) is 24.1 Å². The molecule has 29 heavy (non-hydrogen) atoms. The van der Waals surface area contributed by atoms with E-state index in [1.807, 2.05) is 55.8 Å². The Morgan fingerprint density at radius 3 is 2.59 bits per heavy atom. The first-order valence-electron chi connectivity index (χ1n) is 9.92. The highest BCUT2D eigenvalue weighted by Crippen LogP contribution is 2.29. The first-order chi connectivity index (χ1) is 14.0. The molecule has 0 N–H and O–H groups in total. The zero-order valence-electron chi connectivity index (χ0n) is 17.6. The van der Waals surface area contributed by atoms with Crippen LogP contribution < -0.4 is 4.74 Å². The summed E-state index contributed by atoms with van der Waals surface area (Å²) in [4.78, 5) is 18.1. The molecule has 2 aromatic rings. The molecule has 1 amide bonds. The van der Waals surface area contributed by atoms with Gasteiger partial charge in [0, 0.05) is 25.0 Å². The minimum absolute atomic E-state index is 0.0532. The van der Waals surface area contributed by atoms with E-state index in [4.69, 9.17) is 9.47 Å². The molecule has 2 aromatic carbocycles. The minimum atomic E-state index is -0.559. The number of morpholine rings is 1. The summed E-state index contributed by atoms with van der Waals surface area (Å²) in [6.45, 7) is 3.85. The van der Waals surface area contributed by atoms with Crippen molar-refractivity contribution in [1.82, 2.24) is 9.80 Å². The number of carbonyl (C=O) groups is 1. The number of ether oxygens (including phenoxy) is 2. The normalized spacial score (nSPS) is 20.8. The predicted octanol–water partition coefficient (Wildman–Crippen LogP) is 3.71. The molecule has 0 aliphatic carbocycles. The van der Waals surface area contributed by atoms with Gasteiger partial charge in [0.05, 0.1) is 18.8 Å². The average molecular weight is 415 g/mol. The summed E-state index contributed by atoms with van der Waals surface area (Å²) in [5.74, 6) is 0.649. The molecule has 1 fully saturated rings. The van der Waals surface area contributed by atoms with E-state index in [0.717, 1.165) is 6.54 Å². The van der Waals surface area contributed by atoms with Gasteiger partial charge in [-0.2, -0.15) is 0 Å². The third kappa shape index (κ3) is 5.53. The molecule has 6 heteroatoms. The van der Waals surface area contributed by atoms with Gasteiger partial charge in [-0.15, -0.1) is 11.8 Å². The molecule has 0 radical (unpaired) electrons. The van der Waals surface area contributed by atoms with Crippen molar-refractivity contribution in [2.75, 3.05) is 40.0 Å². The molecule has 1 saturated heterocycles. The van der Waals surface area contributed by atoms with Crippen molar-refractivity contribution in [3.63, 3.8) is 0 Å². The number of rotatable bonds is 7. The Morgan fingerprint density at radius 1 is 1.24 bits per heavy atom. The highest BCUT2D eigenvalue weighted by atomic mass is 32.2. The number of likely N-dealkylation sites (N-methyl/N-ethyl adjacent to an activating group) is 2. The van der Waals surface area contributed by atoms with Crippen molar-refractivity contribution < 1.29 is 14.3 Å². The van der Waals surface area contributed by atoms with E-state index >= 15 is 0 Å². The molecular formula is C23H30N2O3S. The Labute approximate surface area is 178 Å². The van der Waals surface area contributed by atoms with Crippen molar-refractivity contribution in [2.24, 2.45) is 0 Å². The average Bonchev–Trinajstić information content (AvgIpc) is 2.74. The first kappa shape index (κ1) is 21.7. The predicted molar refractivity (Wildman–Crippen MR) is 118 cm³/mol. The molecule has 0 bridgehead atoms. The molecule has 0 saturated carbocycles. The van der Waals surface area contributed by atoms with E-state index in [9.17, 15) is 4.79 Å². The van der Waals surface area contributed by atoms with Gasteiger partial charge in [0.2, 0.25) is 0 Å². The standard InChI is InChI=1S/C23H30N2O3S/c1-17(28-19-10-12-20(29-4)13-11-19)23(26)25(3)16-21-22(24(2)14-15-27-21)18-8-6-5-7-9-18/h5-13,17,21-22H,14-16H2,1-4H3/t17-,21+,22+/m1/s1. The zero-order valence-corrected chi connectivity index (χ0v) is 18.4. The maximum absolute atomic E-state index is 12.9. The third-order valence-corrected chi connectivity index (χ3v) is 6.04. The van der Waals surface area contributed by atoms with Crippen LogP contribution in [0.25, 0.3) is 0 Å². The van der Waals surface area contributed by atoms with Crippen molar-refractivity contribution in [3.8, 4) is 5.75 Å². The van der Waals surface area contributed by atoms with E-state index in [0.29, 0.717) is 18.9 Å². The smallest absolute Gasteiger partial charge is 0.263 e. The van der Waals surface area contributed by atoms with Gasteiger partial charge in [-0.1, -0.05) is 30.3 Å². The fourth-order valence-corrected chi connectivity index (χ4v) is 4.12. The summed E-state index contributed by atoms with van der Waals surface area (Å²) in [5.41, 5.74) is 1.21. The SMILES string of the molecule is CSc1ccc(O[C@H](C)C(=O)N(C)C[C@@H]2OCCN(C)[C@H]2c2ccccc2)cc1. The number of benzene rings is 2. The molecule has 1 aliphatic rings. The van der Waals surface area contributed by atoms with E-state index < -0.39 is 6.10 Å². The topological polar surface area (TPSA) is 42.0 Å². The van der Waals surface area contributed by atoms with Gasteiger partial charge in [0.15, 0.2) is 6.10 Å². The summed E-state index contributed by atoms with van der Waals surface area (Å²) in [5, 5.41) is 0. The molecule has 5 nitrogen and oxygen atoms in total. The number of carbonyl (C=O) groups excluding carboxylic acids is 1. The summed E-state index contributed by atoms with van der Waals surface area (Å²) in [7, 11) is 3.93. The highest BCUT2D eigenvalue weighted by Gasteiger charge is 2.33. The summed E-state index contributed by atoms with van der Waals surface area (Å²) in [6, 6.07) is 18.3. The third-order valence-electron chi connectivity index (χ3n) is 5.29. The van der Waals surface area contributed by atoms with Crippen molar-refractivity contribution in [1.29, 1.82) is 0 Å². The van der Waals surface area contributed by atoms with E-state index in [-0.39, 0.29) is 18.1 Å². The second-order valence-corrected chi connectivity index (χ2v) is 8.28. The lowest BCUT2D eigenvalue weighted by atomic mass is 9.98. The van der Waals surface area contributed by atoms with Crippen LogP contribution in [0.5, 0.6) is 5.75 Å². The number of hydrogen-bond acceptors (Lipinski definition) is 5. The van der Waals surface area contributed by atoms with E-state index in [1.165, 1.54) is 10.5 Å². The largest absolute Gasteiger partial charge is 0.481 e. The number of amides is 1. The number of hydrogen-bond donors (Lipinski definition) is 0. The molecule has 1 aliphatic heterocycles. The minimum Gasteiger partial charge on any atom is -0.481 e. The summed E-state index contributed by atoms with van der Waals surface area (Å²) < 4.78 is 11.9. The van der Waals surface area contributed by atoms with Crippen LogP contribution in [0.2, 0.25) is 0 Å². The molecule has 156 valence electrons. The fraction of sp³-hybridized carbons (Fsp3) is 0.435. The Morgan fingerprint density at radius 2 is 1.93 bits per heavy atom. The summed E-state index contributed by atoms with van der Waals surface area (Å²) in [6.07, 6.45) is 1.39. The van der Waals surface area contributed by atoms with Crippen LogP contribution in [0.15, 0.2) is 59.5 Å². The van der Waals surface area contributed by atoms with Crippen LogP contribution in [0.3, 0.4) is 0 Å². The van der Waals surface area contributed by atoms with Crippen LogP contribution in [-0.4, -0.2) is 68.0 Å². The van der Waals surface area contributed by atoms with Crippen molar-refractivity contribution in [2.45, 2.75) is 30.1 Å². The number of thioether (sulfide) groups is 1. The van der Waals surface area contributed by atoms with Crippen LogP contribution >= 0.6 is 11.8 Å². The Hall–Kier alpha value is -2.02. The van der Waals surface area contributed by atoms with Gasteiger partial charge in [0.25, 0.3) is 5.91 Å². The molecule has 1 heterocycles. The monoisotopic (exact) mass is 414 g/mol. The quantitative estimate of drug-likeness (QED) is 0.646. The van der Waals surface area contributed by atoms with Gasteiger partial charge in [-0.3, -0.25) is 9.69 Å². The Kier molecular flexibility index (Phi) is 7.58. The first-order valence-corrected chi connectivity index (χ1v) is 11.1. The lowest BCUT2D eigenvalue weighted by molar-refractivity contribution is -0.141. The van der Waals surface area contributed by atoms with Crippen LogP contribution in [0, 0.1) is 0 Å².